The first-order chi connectivity index (χ1) is 7.45. The molecule has 76 valence electrons. The van der Waals surface area contributed by atoms with Gasteiger partial charge in [0, 0.05) is 24.8 Å². The van der Waals surface area contributed by atoms with Gasteiger partial charge in [-0.2, -0.15) is 0 Å². The SMILES string of the molecule is c1cc(NNNc2cnccn2)ccn1. The fourth-order valence-corrected chi connectivity index (χ4v) is 0.966. The molecule has 0 unspecified atom stereocenters. The summed E-state index contributed by atoms with van der Waals surface area (Å²) >= 11 is 0. The Bertz CT molecular complexity index is 350. The van der Waals surface area contributed by atoms with Gasteiger partial charge in [-0.05, 0) is 12.1 Å². The van der Waals surface area contributed by atoms with Gasteiger partial charge in [-0.25, -0.2) is 4.98 Å². The highest BCUT2D eigenvalue weighted by Gasteiger charge is 1.90. The Kier molecular flexibility index (Phi) is 3.03. The van der Waals surface area contributed by atoms with Crippen molar-refractivity contribution in [2.75, 3.05) is 10.9 Å². The molecule has 6 heteroatoms. The molecule has 2 aromatic heterocycles. The highest BCUT2D eigenvalue weighted by atomic mass is 15.6. The first-order valence-corrected chi connectivity index (χ1v) is 4.38. The average molecular weight is 202 g/mol. The van der Waals surface area contributed by atoms with Crippen LogP contribution in [-0.4, -0.2) is 15.0 Å². The predicted molar refractivity (Wildman–Crippen MR) is 56.7 cm³/mol. The fraction of sp³-hybridized carbons (Fsp3) is 0. The van der Waals surface area contributed by atoms with E-state index in [9.17, 15) is 0 Å². The van der Waals surface area contributed by atoms with Crippen molar-refractivity contribution in [3.63, 3.8) is 0 Å². The number of rotatable bonds is 4. The molecule has 0 bridgehead atoms. The normalized spacial score (nSPS) is 9.60. The molecule has 0 saturated carbocycles. The highest BCUT2D eigenvalue weighted by molar-refractivity contribution is 5.40. The Morgan fingerprint density at radius 2 is 1.73 bits per heavy atom. The largest absolute Gasteiger partial charge is 0.304 e. The number of hydrogen-bond donors (Lipinski definition) is 3. The summed E-state index contributed by atoms with van der Waals surface area (Å²) in [7, 11) is 0. The maximum atomic E-state index is 4.02. The van der Waals surface area contributed by atoms with E-state index in [1.54, 1.807) is 31.0 Å². The number of aromatic nitrogens is 3. The van der Waals surface area contributed by atoms with Crippen LogP contribution in [0.4, 0.5) is 11.5 Å². The topological polar surface area (TPSA) is 74.8 Å². The third-order valence-corrected chi connectivity index (χ3v) is 1.64. The molecule has 15 heavy (non-hydrogen) atoms. The average Bonchev–Trinajstić information content (AvgIpc) is 2.32. The maximum Gasteiger partial charge on any atom is 0.160 e. The molecular formula is C9H10N6. The van der Waals surface area contributed by atoms with Crippen molar-refractivity contribution in [2.24, 2.45) is 0 Å². The van der Waals surface area contributed by atoms with Crippen molar-refractivity contribution in [3.8, 4) is 0 Å². The van der Waals surface area contributed by atoms with Gasteiger partial charge in [-0.3, -0.25) is 15.4 Å². The van der Waals surface area contributed by atoms with Gasteiger partial charge in [-0.15, -0.1) is 5.53 Å². The maximum absolute atomic E-state index is 4.02. The van der Waals surface area contributed by atoms with E-state index in [1.165, 1.54) is 0 Å². The molecule has 0 amide bonds. The summed E-state index contributed by atoms with van der Waals surface area (Å²) < 4.78 is 0. The summed E-state index contributed by atoms with van der Waals surface area (Å²) in [5.74, 6) is 0.638. The Morgan fingerprint density at radius 3 is 2.47 bits per heavy atom. The quantitative estimate of drug-likeness (QED) is 0.637. The van der Waals surface area contributed by atoms with E-state index in [2.05, 4.69) is 31.3 Å². The predicted octanol–water partition coefficient (Wildman–Crippen LogP) is 0.815. The molecule has 0 saturated heterocycles. The molecule has 0 aliphatic rings. The zero-order valence-electron chi connectivity index (χ0n) is 7.88. The minimum atomic E-state index is 0.638. The summed E-state index contributed by atoms with van der Waals surface area (Å²) in [6.07, 6.45) is 8.23. The van der Waals surface area contributed by atoms with Crippen molar-refractivity contribution in [3.05, 3.63) is 43.1 Å². The Morgan fingerprint density at radius 1 is 0.867 bits per heavy atom. The van der Waals surface area contributed by atoms with Crippen LogP contribution in [0.25, 0.3) is 0 Å². The van der Waals surface area contributed by atoms with Crippen LogP contribution >= 0.6 is 0 Å². The van der Waals surface area contributed by atoms with Crippen LogP contribution in [0.1, 0.15) is 0 Å². The summed E-state index contributed by atoms with van der Waals surface area (Å²) in [6.45, 7) is 0. The second-order valence-electron chi connectivity index (χ2n) is 2.70. The lowest BCUT2D eigenvalue weighted by Gasteiger charge is -2.08. The number of hydrazine groups is 2. The van der Waals surface area contributed by atoms with Crippen LogP contribution in [0.3, 0.4) is 0 Å². The van der Waals surface area contributed by atoms with Crippen molar-refractivity contribution < 1.29 is 0 Å². The molecule has 0 spiro atoms. The lowest BCUT2D eigenvalue weighted by Crippen LogP contribution is -2.28. The third-order valence-electron chi connectivity index (χ3n) is 1.64. The van der Waals surface area contributed by atoms with Crippen LogP contribution in [0.15, 0.2) is 43.1 Å². The highest BCUT2D eigenvalue weighted by Crippen LogP contribution is 2.00. The van der Waals surface area contributed by atoms with Crippen molar-refractivity contribution in [1.29, 1.82) is 0 Å². The molecular weight excluding hydrogens is 192 g/mol. The van der Waals surface area contributed by atoms with Gasteiger partial charge in [0.1, 0.15) is 0 Å². The minimum Gasteiger partial charge on any atom is -0.304 e. The first-order valence-electron chi connectivity index (χ1n) is 4.38. The van der Waals surface area contributed by atoms with Gasteiger partial charge < -0.3 is 5.43 Å². The van der Waals surface area contributed by atoms with E-state index in [0.29, 0.717) is 5.82 Å². The zero-order chi connectivity index (χ0) is 10.3. The van der Waals surface area contributed by atoms with E-state index >= 15 is 0 Å². The van der Waals surface area contributed by atoms with Crippen molar-refractivity contribution >= 4 is 11.5 Å². The number of hydrogen-bond acceptors (Lipinski definition) is 6. The Hall–Kier alpha value is -2.21. The third kappa shape index (κ3) is 2.89. The van der Waals surface area contributed by atoms with E-state index in [1.807, 2.05) is 12.1 Å². The number of anilines is 2. The summed E-state index contributed by atoms with van der Waals surface area (Å²) in [6, 6.07) is 3.68. The molecule has 2 aromatic rings. The van der Waals surface area contributed by atoms with E-state index < -0.39 is 0 Å². The van der Waals surface area contributed by atoms with Gasteiger partial charge in [0.25, 0.3) is 0 Å². The molecule has 6 nitrogen and oxygen atoms in total. The first kappa shape index (κ1) is 9.35. The lowest BCUT2D eigenvalue weighted by atomic mass is 10.4. The second kappa shape index (κ2) is 4.87. The molecule has 3 N–H and O–H groups in total. The van der Waals surface area contributed by atoms with Crippen molar-refractivity contribution in [1.82, 2.24) is 20.5 Å². The van der Waals surface area contributed by atoms with E-state index in [4.69, 9.17) is 0 Å². The van der Waals surface area contributed by atoms with Gasteiger partial charge in [-0.1, -0.05) is 0 Å². The van der Waals surface area contributed by atoms with Crippen molar-refractivity contribution in [2.45, 2.75) is 0 Å². The van der Waals surface area contributed by atoms with Crippen LogP contribution in [0.5, 0.6) is 0 Å². The molecule has 2 heterocycles. The molecule has 2 rings (SSSR count). The molecule has 0 atom stereocenters. The van der Waals surface area contributed by atoms with Crippen LogP contribution in [0.2, 0.25) is 0 Å². The second-order valence-corrected chi connectivity index (χ2v) is 2.70. The monoisotopic (exact) mass is 202 g/mol. The molecule has 0 aliphatic heterocycles. The lowest BCUT2D eigenvalue weighted by molar-refractivity contribution is 0.931. The Balaban J connectivity index is 1.81. The van der Waals surface area contributed by atoms with Crippen LogP contribution in [-0.2, 0) is 0 Å². The van der Waals surface area contributed by atoms with E-state index in [-0.39, 0.29) is 0 Å². The zero-order valence-corrected chi connectivity index (χ0v) is 7.88. The van der Waals surface area contributed by atoms with E-state index in [0.717, 1.165) is 5.69 Å². The number of nitrogens with one attached hydrogen (secondary N) is 3. The fourth-order valence-electron chi connectivity index (χ4n) is 0.966. The molecule has 0 radical (unpaired) electrons. The smallest absolute Gasteiger partial charge is 0.160 e. The molecule has 0 aromatic carbocycles. The summed E-state index contributed by atoms with van der Waals surface area (Å²) in [4.78, 5) is 11.8. The van der Waals surface area contributed by atoms with Gasteiger partial charge in [0.05, 0.1) is 11.9 Å². The summed E-state index contributed by atoms with van der Waals surface area (Å²) in [5, 5.41) is 0. The Labute approximate surface area is 86.7 Å². The molecule has 0 aliphatic carbocycles. The van der Waals surface area contributed by atoms with Gasteiger partial charge in [0.15, 0.2) is 5.82 Å². The minimum absolute atomic E-state index is 0.638. The molecule has 0 fully saturated rings. The number of pyridine rings is 1. The standard InChI is InChI=1S/C9H10N6/c1-3-10-4-2-8(1)13-15-14-9-7-11-5-6-12-9/h1-7,15H,(H,10,13)(H,12,14). The van der Waals surface area contributed by atoms with Gasteiger partial charge in [0.2, 0.25) is 0 Å². The summed E-state index contributed by atoms with van der Waals surface area (Å²) in [5.41, 5.74) is 9.45. The van der Waals surface area contributed by atoms with Gasteiger partial charge >= 0.3 is 0 Å². The van der Waals surface area contributed by atoms with Crippen LogP contribution in [0, 0.1) is 0 Å². The number of nitrogens with zero attached hydrogens (tertiary/aromatic N) is 3. The van der Waals surface area contributed by atoms with Crippen LogP contribution < -0.4 is 16.4 Å².